The molecule has 1 saturated carbocycles. The third-order valence-corrected chi connectivity index (χ3v) is 6.81. The molecule has 2 unspecified atom stereocenters. The first-order chi connectivity index (χ1) is 12.7. The Hall–Kier alpha value is -1.88. The summed E-state index contributed by atoms with van der Waals surface area (Å²) in [5.74, 6) is 2.76. The third kappa shape index (κ3) is 2.64. The SMILES string of the molecule is C[C@@H](CC1CCC1)n1c(=O)c(N2CC3CNCC3C2)nc2ccccc21. The van der Waals surface area contributed by atoms with Gasteiger partial charge in [0.1, 0.15) is 0 Å². The van der Waals surface area contributed by atoms with Crippen molar-refractivity contribution >= 4 is 16.9 Å². The fourth-order valence-corrected chi connectivity index (χ4v) is 5.13. The van der Waals surface area contributed by atoms with Crippen LogP contribution in [0.15, 0.2) is 29.1 Å². The van der Waals surface area contributed by atoms with E-state index in [1.54, 1.807) is 0 Å². The smallest absolute Gasteiger partial charge is 0.294 e. The normalized spacial score (nSPS) is 26.9. The molecule has 0 bridgehead atoms. The molecule has 1 aliphatic carbocycles. The van der Waals surface area contributed by atoms with Crippen LogP contribution < -0.4 is 15.8 Å². The van der Waals surface area contributed by atoms with Crippen molar-refractivity contribution in [3.63, 3.8) is 0 Å². The highest BCUT2D eigenvalue weighted by Crippen LogP contribution is 2.35. The van der Waals surface area contributed by atoms with E-state index in [2.05, 4.69) is 17.1 Å². The highest BCUT2D eigenvalue weighted by atomic mass is 16.1. The summed E-state index contributed by atoms with van der Waals surface area (Å²) in [6.07, 6.45) is 5.08. The second kappa shape index (κ2) is 6.38. The molecule has 2 saturated heterocycles. The summed E-state index contributed by atoms with van der Waals surface area (Å²) in [4.78, 5) is 20.5. The van der Waals surface area contributed by atoms with Gasteiger partial charge in [-0.1, -0.05) is 31.4 Å². The minimum Gasteiger partial charge on any atom is -0.351 e. The van der Waals surface area contributed by atoms with Gasteiger partial charge in [-0.15, -0.1) is 0 Å². The fraction of sp³-hybridized carbons (Fsp3) is 0.619. The number of anilines is 1. The maximum Gasteiger partial charge on any atom is 0.294 e. The van der Waals surface area contributed by atoms with E-state index in [9.17, 15) is 4.79 Å². The summed E-state index contributed by atoms with van der Waals surface area (Å²) in [6.45, 7) is 6.26. The number of fused-ring (bicyclic) bond motifs is 2. The summed E-state index contributed by atoms with van der Waals surface area (Å²) in [7, 11) is 0. The first-order valence-corrected chi connectivity index (χ1v) is 10.2. The minimum absolute atomic E-state index is 0.100. The molecule has 5 rings (SSSR count). The van der Waals surface area contributed by atoms with E-state index >= 15 is 0 Å². The summed E-state index contributed by atoms with van der Waals surface area (Å²) in [5.41, 5.74) is 2.02. The van der Waals surface area contributed by atoms with Crippen molar-refractivity contribution in [1.82, 2.24) is 14.9 Å². The van der Waals surface area contributed by atoms with Crippen LogP contribution in [0.25, 0.3) is 11.0 Å². The lowest BCUT2D eigenvalue weighted by Gasteiger charge is -2.30. The number of nitrogens with one attached hydrogen (secondary N) is 1. The van der Waals surface area contributed by atoms with Crippen molar-refractivity contribution < 1.29 is 0 Å². The Labute approximate surface area is 154 Å². The highest BCUT2D eigenvalue weighted by molar-refractivity contribution is 5.76. The first-order valence-electron chi connectivity index (χ1n) is 10.2. The lowest BCUT2D eigenvalue weighted by atomic mass is 9.81. The zero-order chi connectivity index (χ0) is 17.7. The molecule has 1 aromatic carbocycles. The van der Waals surface area contributed by atoms with Crippen molar-refractivity contribution in [3.8, 4) is 0 Å². The fourth-order valence-electron chi connectivity index (χ4n) is 5.13. The number of hydrogen-bond donors (Lipinski definition) is 1. The number of aromatic nitrogens is 2. The van der Waals surface area contributed by atoms with Gasteiger partial charge in [0.15, 0.2) is 5.82 Å². The van der Waals surface area contributed by atoms with Crippen molar-refractivity contribution in [1.29, 1.82) is 0 Å². The quantitative estimate of drug-likeness (QED) is 0.919. The largest absolute Gasteiger partial charge is 0.351 e. The van der Waals surface area contributed by atoms with Crippen LogP contribution in [0.3, 0.4) is 0 Å². The molecule has 5 nitrogen and oxygen atoms in total. The molecule has 3 aliphatic rings. The van der Waals surface area contributed by atoms with Gasteiger partial charge in [-0.3, -0.25) is 4.79 Å². The lowest BCUT2D eigenvalue weighted by molar-refractivity contribution is 0.257. The molecule has 1 N–H and O–H groups in total. The van der Waals surface area contributed by atoms with Gasteiger partial charge in [0.2, 0.25) is 0 Å². The lowest BCUT2D eigenvalue weighted by Crippen LogP contribution is -2.35. The molecule has 2 aliphatic heterocycles. The van der Waals surface area contributed by atoms with Gasteiger partial charge in [-0.2, -0.15) is 0 Å². The molecule has 138 valence electrons. The van der Waals surface area contributed by atoms with Crippen LogP contribution in [0.1, 0.15) is 38.6 Å². The Bertz CT molecular complexity index is 860. The van der Waals surface area contributed by atoms with Crippen LogP contribution in [0.5, 0.6) is 0 Å². The molecular formula is C21H28N4O. The summed E-state index contributed by atoms with van der Waals surface area (Å²) in [6, 6.07) is 8.36. The van der Waals surface area contributed by atoms with Crippen molar-refractivity contribution in [3.05, 3.63) is 34.6 Å². The maximum atomic E-state index is 13.5. The van der Waals surface area contributed by atoms with Crippen LogP contribution >= 0.6 is 0 Å². The minimum atomic E-state index is 0.100. The van der Waals surface area contributed by atoms with E-state index in [1.165, 1.54) is 19.3 Å². The van der Waals surface area contributed by atoms with E-state index in [4.69, 9.17) is 4.98 Å². The van der Waals surface area contributed by atoms with Crippen LogP contribution in [0, 0.1) is 17.8 Å². The van der Waals surface area contributed by atoms with E-state index < -0.39 is 0 Å². The molecule has 0 radical (unpaired) electrons. The number of rotatable bonds is 4. The Kier molecular flexibility index (Phi) is 4.00. The molecule has 0 spiro atoms. The molecule has 26 heavy (non-hydrogen) atoms. The Morgan fingerprint density at radius 1 is 1.19 bits per heavy atom. The van der Waals surface area contributed by atoms with Crippen LogP contribution in [-0.4, -0.2) is 35.7 Å². The van der Waals surface area contributed by atoms with E-state index in [-0.39, 0.29) is 11.6 Å². The molecule has 1 aromatic heterocycles. The van der Waals surface area contributed by atoms with Gasteiger partial charge in [0, 0.05) is 32.2 Å². The Balaban J connectivity index is 1.56. The molecule has 3 heterocycles. The van der Waals surface area contributed by atoms with Crippen molar-refractivity contribution in [2.75, 3.05) is 31.1 Å². The van der Waals surface area contributed by atoms with Gasteiger partial charge in [-0.25, -0.2) is 4.98 Å². The van der Waals surface area contributed by atoms with Gasteiger partial charge in [0.25, 0.3) is 5.56 Å². The van der Waals surface area contributed by atoms with E-state index in [1.807, 2.05) is 28.8 Å². The second-order valence-corrected chi connectivity index (χ2v) is 8.56. The molecule has 5 heteroatoms. The number of benzene rings is 1. The van der Waals surface area contributed by atoms with Crippen molar-refractivity contribution in [2.24, 2.45) is 17.8 Å². The van der Waals surface area contributed by atoms with Gasteiger partial charge < -0.3 is 14.8 Å². The van der Waals surface area contributed by atoms with E-state index in [0.29, 0.717) is 17.7 Å². The summed E-state index contributed by atoms with van der Waals surface area (Å²) in [5, 5.41) is 3.47. The van der Waals surface area contributed by atoms with Gasteiger partial charge in [-0.05, 0) is 43.2 Å². The number of hydrogen-bond acceptors (Lipinski definition) is 4. The monoisotopic (exact) mass is 352 g/mol. The molecule has 3 fully saturated rings. The summed E-state index contributed by atoms with van der Waals surface area (Å²) >= 11 is 0. The average Bonchev–Trinajstić information content (AvgIpc) is 3.19. The standard InChI is InChI=1S/C21H28N4O/c1-14(9-15-5-4-6-15)25-19-8-3-2-7-18(19)23-20(21(25)26)24-12-16-10-22-11-17(16)13-24/h2-3,7-8,14-17,22H,4-6,9-13H2,1H3/t14-,16?,17?/m0/s1. The topological polar surface area (TPSA) is 50.2 Å². The second-order valence-electron chi connectivity index (χ2n) is 8.56. The highest BCUT2D eigenvalue weighted by Gasteiger charge is 2.38. The van der Waals surface area contributed by atoms with Gasteiger partial charge in [0.05, 0.1) is 11.0 Å². The number of nitrogens with zero attached hydrogens (tertiary/aromatic N) is 3. The molecule has 3 atom stereocenters. The Morgan fingerprint density at radius 3 is 2.62 bits per heavy atom. The number of para-hydroxylation sites is 2. The Morgan fingerprint density at radius 2 is 1.92 bits per heavy atom. The first kappa shape index (κ1) is 16.3. The molecule has 2 aromatic rings. The summed E-state index contributed by atoms with van der Waals surface area (Å²) < 4.78 is 2.03. The van der Waals surface area contributed by atoms with Crippen LogP contribution in [0.4, 0.5) is 5.82 Å². The van der Waals surface area contributed by atoms with Gasteiger partial charge >= 0.3 is 0 Å². The zero-order valence-electron chi connectivity index (χ0n) is 15.5. The van der Waals surface area contributed by atoms with Crippen LogP contribution in [-0.2, 0) is 0 Å². The maximum absolute atomic E-state index is 13.5. The molecule has 0 amide bonds. The van der Waals surface area contributed by atoms with Crippen LogP contribution in [0.2, 0.25) is 0 Å². The van der Waals surface area contributed by atoms with E-state index in [0.717, 1.165) is 49.6 Å². The third-order valence-electron chi connectivity index (χ3n) is 6.81. The average molecular weight is 352 g/mol. The predicted molar refractivity (Wildman–Crippen MR) is 105 cm³/mol. The van der Waals surface area contributed by atoms with Crippen molar-refractivity contribution in [2.45, 2.75) is 38.6 Å². The molecular weight excluding hydrogens is 324 g/mol. The predicted octanol–water partition coefficient (Wildman–Crippen LogP) is 2.80. The zero-order valence-corrected chi connectivity index (χ0v) is 15.5.